The molecule has 0 aromatic carbocycles. The first-order chi connectivity index (χ1) is 14.8. The molecule has 0 aliphatic carbocycles. The van der Waals surface area contributed by atoms with Crippen LogP contribution in [0.25, 0.3) is 11.3 Å². The van der Waals surface area contributed by atoms with Gasteiger partial charge in [-0.15, -0.1) is 5.10 Å². The Morgan fingerprint density at radius 3 is 2.74 bits per heavy atom. The number of aryl methyl sites for hydroxylation is 1. The Kier molecular flexibility index (Phi) is 4.89. The molecule has 0 radical (unpaired) electrons. The minimum absolute atomic E-state index is 0.0376. The summed E-state index contributed by atoms with van der Waals surface area (Å²) in [6.07, 6.45) is 4.97. The van der Waals surface area contributed by atoms with Gasteiger partial charge in [-0.05, 0) is 13.0 Å². The largest absolute Gasteiger partial charge is 0.364 e. The first-order valence-electron chi connectivity index (χ1n) is 9.48. The molecule has 4 heterocycles. The molecule has 160 valence electrons. The predicted octanol–water partition coefficient (Wildman–Crippen LogP) is 1.38. The number of pyridine rings is 1. The van der Waals surface area contributed by atoms with E-state index in [4.69, 9.17) is 5.73 Å². The number of urea groups is 1. The number of hydrogen-bond acceptors (Lipinski definition) is 8. The van der Waals surface area contributed by atoms with Crippen LogP contribution in [0.15, 0.2) is 24.7 Å². The number of fused-ring (bicyclic) bond motifs is 3. The van der Waals surface area contributed by atoms with Gasteiger partial charge in [-0.1, -0.05) is 0 Å². The maximum absolute atomic E-state index is 12.0. The summed E-state index contributed by atoms with van der Waals surface area (Å²) in [7, 11) is 5.31. The number of hydrogen-bond donors (Lipinski definition) is 4. The van der Waals surface area contributed by atoms with Crippen molar-refractivity contribution >= 4 is 34.8 Å². The van der Waals surface area contributed by atoms with Crippen LogP contribution in [0.3, 0.4) is 0 Å². The molecule has 3 amide bonds. The molecule has 1 atom stereocenters. The third kappa shape index (κ3) is 3.37. The number of rotatable bonds is 4. The van der Waals surface area contributed by atoms with Crippen LogP contribution >= 0.6 is 0 Å². The quantitative estimate of drug-likeness (QED) is 0.491. The standard InChI is InChI=1S/C19H22N10O2/c1-9-11-8-28(3)27-13(11)10-5-6-22-18(16(10)29(9)4)25-14-12(24-19(31)21-2)7-23-26-15(14)17(20)30/h5-9H,1-4H3,(H2,20,30)(H,22,23,25)(H2,21,24,26,31). The SMILES string of the molecule is CNC(=O)Nc1cnnc(C(N)=O)c1Nc1nccc2c1N(C)C(C)c1cn(C)nc1-2. The zero-order valence-electron chi connectivity index (χ0n) is 17.5. The second kappa shape index (κ2) is 7.55. The van der Waals surface area contributed by atoms with Crippen molar-refractivity contribution in [2.24, 2.45) is 12.8 Å². The molecule has 0 saturated heterocycles. The normalized spacial score (nSPS) is 14.5. The fraction of sp³-hybridized carbons (Fsp3) is 0.263. The zero-order chi connectivity index (χ0) is 22.3. The van der Waals surface area contributed by atoms with Crippen molar-refractivity contribution in [1.82, 2.24) is 30.3 Å². The lowest BCUT2D eigenvalue weighted by Crippen LogP contribution is -2.28. The summed E-state index contributed by atoms with van der Waals surface area (Å²) in [5.74, 6) is -0.340. The van der Waals surface area contributed by atoms with E-state index in [1.54, 1.807) is 10.9 Å². The first-order valence-corrected chi connectivity index (χ1v) is 9.48. The van der Waals surface area contributed by atoms with Crippen LogP contribution in [0, 0.1) is 0 Å². The van der Waals surface area contributed by atoms with Crippen molar-refractivity contribution in [3.05, 3.63) is 35.9 Å². The summed E-state index contributed by atoms with van der Waals surface area (Å²) < 4.78 is 1.78. The highest BCUT2D eigenvalue weighted by atomic mass is 16.2. The van der Waals surface area contributed by atoms with E-state index >= 15 is 0 Å². The maximum atomic E-state index is 12.0. The van der Waals surface area contributed by atoms with Crippen molar-refractivity contribution in [2.45, 2.75) is 13.0 Å². The lowest BCUT2D eigenvalue weighted by atomic mass is 9.96. The third-order valence-electron chi connectivity index (χ3n) is 5.22. The number of nitrogens with two attached hydrogens (primary N) is 1. The molecule has 0 fully saturated rings. The molecule has 12 heteroatoms. The molecule has 1 aliphatic rings. The number of primary amides is 1. The van der Waals surface area contributed by atoms with Gasteiger partial charge in [-0.3, -0.25) is 9.48 Å². The molecule has 3 aromatic rings. The van der Waals surface area contributed by atoms with Crippen LogP contribution in [0.1, 0.15) is 29.0 Å². The topological polar surface area (TPSA) is 156 Å². The lowest BCUT2D eigenvalue weighted by molar-refractivity contribution is 0.0995. The van der Waals surface area contributed by atoms with E-state index in [9.17, 15) is 9.59 Å². The fourth-order valence-corrected chi connectivity index (χ4v) is 3.60. The Morgan fingerprint density at radius 1 is 1.26 bits per heavy atom. The summed E-state index contributed by atoms with van der Waals surface area (Å²) in [4.78, 5) is 30.4. The molecule has 3 aromatic heterocycles. The van der Waals surface area contributed by atoms with E-state index in [1.807, 2.05) is 26.4 Å². The van der Waals surface area contributed by atoms with Gasteiger partial charge < -0.3 is 26.6 Å². The average molecular weight is 422 g/mol. The van der Waals surface area contributed by atoms with Gasteiger partial charge >= 0.3 is 6.03 Å². The number of nitrogens with zero attached hydrogens (tertiary/aromatic N) is 6. The molecule has 0 spiro atoms. The molecule has 4 rings (SSSR count). The smallest absolute Gasteiger partial charge is 0.319 e. The second-order valence-corrected chi connectivity index (χ2v) is 7.12. The molecule has 12 nitrogen and oxygen atoms in total. The van der Waals surface area contributed by atoms with Crippen LogP contribution in [0.5, 0.6) is 0 Å². The van der Waals surface area contributed by atoms with Gasteiger partial charge in [-0.2, -0.15) is 10.2 Å². The molecular formula is C19H22N10O2. The highest BCUT2D eigenvalue weighted by molar-refractivity contribution is 6.04. The predicted molar refractivity (Wildman–Crippen MR) is 115 cm³/mol. The molecular weight excluding hydrogens is 400 g/mol. The van der Waals surface area contributed by atoms with E-state index in [2.05, 4.69) is 48.1 Å². The van der Waals surface area contributed by atoms with E-state index in [0.717, 1.165) is 22.5 Å². The summed E-state index contributed by atoms with van der Waals surface area (Å²) in [5, 5.41) is 20.4. The van der Waals surface area contributed by atoms with E-state index in [0.29, 0.717) is 5.82 Å². The number of aromatic nitrogens is 5. The molecule has 0 bridgehead atoms. The average Bonchev–Trinajstić information content (AvgIpc) is 3.14. The Hall–Kier alpha value is -4.22. The van der Waals surface area contributed by atoms with Crippen LogP contribution in [0.2, 0.25) is 0 Å². The van der Waals surface area contributed by atoms with Crippen LogP contribution in [-0.2, 0) is 7.05 Å². The van der Waals surface area contributed by atoms with Crippen LogP contribution in [-0.4, -0.2) is 51.0 Å². The number of nitrogens with one attached hydrogen (secondary N) is 3. The Morgan fingerprint density at radius 2 is 2.03 bits per heavy atom. The van der Waals surface area contributed by atoms with Crippen LogP contribution < -0.4 is 26.6 Å². The van der Waals surface area contributed by atoms with Gasteiger partial charge in [0, 0.05) is 44.7 Å². The lowest BCUT2D eigenvalue weighted by Gasteiger charge is -2.34. The molecule has 1 aliphatic heterocycles. The van der Waals surface area contributed by atoms with Crippen molar-refractivity contribution in [3.8, 4) is 11.3 Å². The monoisotopic (exact) mass is 422 g/mol. The van der Waals surface area contributed by atoms with Crippen molar-refractivity contribution in [3.63, 3.8) is 0 Å². The summed E-state index contributed by atoms with van der Waals surface area (Å²) in [5.41, 5.74) is 9.43. The Labute approximate surface area is 177 Å². The van der Waals surface area contributed by atoms with Crippen molar-refractivity contribution < 1.29 is 9.59 Å². The van der Waals surface area contributed by atoms with E-state index in [1.165, 1.54) is 13.2 Å². The van der Waals surface area contributed by atoms with Gasteiger partial charge in [0.2, 0.25) is 0 Å². The highest BCUT2D eigenvalue weighted by Gasteiger charge is 2.31. The third-order valence-corrected chi connectivity index (χ3v) is 5.22. The molecule has 0 saturated carbocycles. The number of anilines is 4. The molecule has 1 unspecified atom stereocenters. The summed E-state index contributed by atoms with van der Waals surface area (Å²) >= 11 is 0. The van der Waals surface area contributed by atoms with Gasteiger partial charge in [0.1, 0.15) is 0 Å². The Bertz CT molecular complexity index is 1190. The first kappa shape index (κ1) is 20.1. The highest BCUT2D eigenvalue weighted by Crippen LogP contribution is 2.46. The Balaban J connectivity index is 1.86. The van der Waals surface area contributed by atoms with Gasteiger partial charge in [0.05, 0.1) is 35.0 Å². The molecule has 31 heavy (non-hydrogen) atoms. The number of carbonyl (C=O) groups is 2. The van der Waals surface area contributed by atoms with Gasteiger partial charge in [0.15, 0.2) is 11.5 Å². The minimum atomic E-state index is -0.797. The van der Waals surface area contributed by atoms with Gasteiger partial charge in [-0.25, -0.2) is 9.78 Å². The summed E-state index contributed by atoms with van der Waals surface area (Å²) in [6, 6.07) is 1.44. The van der Waals surface area contributed by atoms with Crippen molar-refractivity contribution in [2.75, 3.05) is 29.6 Å². The van der Waals surface area contributed by atoms with Crippen molar-refractivity contribution in [1.29, 1.82) is 0 Å². The zero-order valence-corrected chi connectivity index (χ0v) is 17.5. The fourth-order valence-electron chi connectivity index (χ4n) is 3.60. The van der Waals surface area contributed by atoms with E-state index in [-0.39, 0.29) is 23.1 Å². The minimum Gasteiger partial charge on any atom is -0.364 e. The second-order valence-electron chi connectivity index (χ2n) is 7.12. The van der Waals surface area contributed by atoms with Crippen LogP contribution in [0.4, 0.5) is 27.7 Å². The number of carbonyl (C=O) groups excluding carboxylic acids is 2. The van der Waals surface area contributed by atoms with E-state index < -0.39 is 11.9 Å². The van der Waals surface area contributed by atoms with Gasteiger partial charge in [0.25, 0.3) is 5.91 Å². The maximum Gasteiger partial charge on any atom is 0.319 e. The molecule has 5 N–H and O–H groups in total. The number of amides is 3. The summed E-state index contributed by atoms with van der Waals surface area (Å²) in [6.45, 7) is 2.07.